The average Bonchev–Trinajstić information content (AvgIpc) is 2.93. The number of hydrogen-bond donors (Lipinski definition) is 2. The molecule has 0 atom stereocenters. The third-order valence-electron chi connectivity index (χ3n) is 2.93. The predicted octanol–water partition coefficient (Wildman–Crippen LogP) is 0.860. The van der Waals surface area contributed by atoms with Crippen LogP contribution < -0.4 is 5.32 Å². The van der Waals surface area contributed by atoms with E-state index in [1.54, 1.807) is 6.07 Å². The first-order valence-corrected chi connectivity index (χ1v) is 6.99. The quantitative estimate of drug-likeness (QED) is 0.623. The van der Waals surface area contributed by atoms with Gasteiger partial charge in [0, 0.05) is 6.54 Å². The van der Waals surface area contributed by atoms with Crippen molar-refractivity contribution in [2.45, 2.75) is 20.4 Å². The summed E-state index contributed by atoms with van der Waals surface area (Å²) in [5, 5.41) is 11.2. The first kappa shape index (κ1) is 16.7. The van der Waals surface area contributed by atoms with Crippen molar-refractivity contribution in [2.24, 2.45) is 0 Å². The summed E-state index contributed by atoms with van der Waals surface area (Å²) >= 11 is 0. The molecule has 6 nitrogen and oxygen atoms in total. The lowest BCUT2D eigenvalue weighted by atomic mass is 10.3. The molecule has 0 aliphatic carbocycles. The summed E-state index contributed by atoms with van der Waals surface area (Å²) in [5.74, 6) is 0.855. The van der Waals surface area contributed by atoms with Crippen LogP contribution in [0.2, 0.25) is 0 Å². The van der Waals surface area contributed by atoms with Crippen molar-refractivity contribution in [3.63, 3.8) is 0 Å². The average molecular weight is 284 g/mol. The topological polar surface area (TPSA) is 74.9 Å². The van der Waals surface area contributed by atoms with E-state index in [-0.39, 0.29) is 19.1 Å². The van der Waals surface area contributed by atoms with Crippen molar-refractivity contribution in [1.29, 1.82) is 0 Å². The minimum absolute atomic E-state index is 0.0130. The standard InChI is InChI=1S/C14H24N2O4/c1-3-16(4-2)11-12-5-6-13(20-12)14(18)15-7-9-19-10-8-17/h5-6,17H,3-4,7-11H2,1-2H3,(H,15,18). The summed E-state index contributed by atoms with van der Waals surface area (Å²) in [6.45, 7) is 7.82. The van der Waals surface area contributed by atoms with Gasteiger partial charge in [0.2, 0.25) is 0 Å². The van der Waals surface area contributed by atoms with Crippen molar-refractivity contribution in [1.82, 2.24) is 10.2 Å². The Morgan fingerprint density at radius 2 is 2.10 bits per heavy atom. The zero-order valence-electron chi connectivity index (χ0n) is 12.2. The molecular weight excluding hydrogens is 260 g/mol. The van der Waals surface area contributed by atoms with Crippen LogP contribution in [0.15, 0.2) is 16.5 Å². The van der Waals surface area contributed by atoms with Gasteiger partial charge in [-0.25, -0.2) is 0 Å². The molecule has 0 fully saturated rings. The molecule has 1 aromatic rings. The molecule has 2 N–H and O–H groups in total. The highest BCUT2D eigenvalue weighted by atomic mass is 16.5. The minimum Gasteiger partial charge on any atom is -0.455 e. The fraction of sp³-hybridized carbons (Fsp3) is 0.643. The number of furan rings is 1. The lowest BCUT2D eigenvalue weighted by Gasteiger charge is -2.15. The molecular formula is C14H24N2O4. The van der Waals surface area contributed by atoms with Crippen molar-refractivity contribution in [3.8, 4) is 0 Å². The number of rotatable bonds is 10. The molecule has 0 unspecified atom stereocenters. The third-order valence-corrected chi connectivity index (χ3v) is 2.93. The van der Waals surface area contributed by atoms with Gasteiger partial charge in [0.25, 0.3) is 5.91 Å². The molecule has 0 saturated carbocycles. The Kier molecular flexibility index (Phi) is 7.94. The summed E-state index contributed by atoms with van der Waals surface area (Å²) in [4.78, 5) is 14.0. The lowest BCUT2D eigenvalue weighted by molar-refractivity contribution is 0.0819. The van der Waals surface area contributed by atoms with Gasteiger partial charge in [-0.2, -0.15) is 0 Å². The van der Waals surface area contributed by atoms with E-state index in [0.717, 1.165) is 18.8 Å². The molecule has 0 aliphatic heterocycles. The number of amides is 1. The van der Waals surface area contributed by atoms with Crippen molar-refractivity contribution >= 4 is 5.91 Å². The van der Waals surface area contributed by atoms with E-state index >= 15 is 0 Å². The van der Waals surface area contributed by atoms with E-state index in [1.165, 1.54) is 0 Å². The Bertz CT molecular complexity index is 388. The number of aliphatic hydroxyl groups is 1. The van der Waals surface area contributed by atoms with Crippen LogP contribution >= 0.6 is 0 Å². The molecule has 1 heterocycles. The van der Waals surface area contributed by atoms with Crippen LogP contribution in [0.5, 0.6) is 0 Å². The van der Waals surface area contributed by atoms with Crippen LogP contribution in [0.1, 0.15) is 30.2 Å². The second-order valence-electron chi connectivity index (χ2n) is 4.32. The Labute approximate surface area is 119 Å². The monoisotopic (exact) mass is 284 g/mol. The molecule has 1 amide bonds. The van der Waals surface area contributed by atoms with Gasteiger partial charge in [0.15, 0.2) is 5.76 Å². The van der Waals surface area contributed by atoms with E-state index in [4.69, 9.17) is 14.3 Å². The van der Waals surface area contributed by atoms with Gasteiger partial charge in [0.1, 0.15) is 5.76 Å². The fourth-order valence-corrected chi connectivity index (χ4v) is 1.74. The van der Waals surface area contributed by atoms with E-state index in [9.17, 15) is 4.79 Å². The number of nitrogens with zero attached hydrogens (tertiary/aromatic N) is 1. The van der Waals surface area contributed by atoms with Crippen molar-refractivity contribution in [3.05, 3.63) is 23.7 Å². The van der Waals surface area contributed by atoms with E-state index in [2.05, 4.69) is 24.1 Å². The van der Waals surface area contributed by atoms with Crippen LogP contribution in [-0.2, 0) is 11.3 Å². The van der Waals surface area contributed by atoms with Crippen LogP contribution in [0, 0.1) is 0 Å². The maximum Gasteiger partial charge on any atom is 0.287 e. The Balaban J connectivity index is 2.36. The van der Waals surface area contributed by atoms with Gasteiger partial charge >= 0.3 is 0 Å². The number of aliphatic hydroxyl groups excluding tert-OH is 1. The summed E-state index contributed by atoms with van der Waals surface area (Å²) in [7, 11) is 0. The second kappa shape index (κ2) is 9.52. The zero-order valence-corrected chi connectivity index (χ0v) is 12.2. The van der Waals surface area contributed by atoms with E-state index in [0.29, 0.717) is 25.5 Å². The summed E-state index contributed by atoms with van der Waals surface area (Å²) in [6, 6.07) is 3.51. The molecule has 114 valence electrons. The van der Waals surface area contributed by atoms with Crippen molar-refractivity contribution in [2.75, 3.05) is 39.5 Å². The smallest absolute Gasteiger partial charge is 0.287 e. The Morgan fingerprint density at radius 3 is 2.75 bits per heavy atom. The number of hydrogen-bond acceptors (Lipinski definition) is 5. The second-order valence-corrected chi connectivity index (χ2v) is 4.32. The van der Waals surface area contributed by atoms with Gasteiger partial charge < -0.3 is 19.6 Å². The predicted molar refractivity (Wildman–Crippen MR) is 75.6 cm³/mol. The first-order chi connectivity index (χ1) is 9.71. The number of ether oxygens (including phenoxy) is 1. The first-order valence-electron chi connectivity index (χ1n) is 6.99. The highest BCUT2D eigenvalue weighted by Gasteiger charge is 2.11. The number of nitrogens with one attached hydrogen (secondary N) is 1. The van der Waals surface area contributed by atoms with Crippen LogP contribution in [-0.4, -0.2) is 55.4 Å². The lowest BCUT2D eigenvalue weighted by Crippen LogP contribution is -2.27. The molecule has 20 heavy (non-hydrogen) atoms. The third kappa shape index (κ3) is 5.73. The maximum absolute atomic E-state index is 11.8. The van der Waals surface area contributed by atoms with Gasteiger partial charge in [-0.1, -0.05) is 13.8 Å². The molecule has 0 aliphatic rings. The highest BCUT2D eigenvalue weighted by molar-refractivity contribution is 5.91. The Hall–Kier alpha value is -1.37. The van der Waals surface area contributed by atoms with Gasteiger partial charge in [-0.05, 0) is 25.2 Å². The maximum atomic E-state index is 11.8. The molecule has 0 aromatic carbocycles. The molecule has 0 spiro atoms. The summed E-state index contributed by atoms with van der Waals surface area (Å²) in [6.07, 6.45) is 0. The molecule has 1 rings (SSSR count). The zero-order chi connectivity index (χ0) is 14.8. The highest BCUT2D eigenvalue weighted by Crippen LogP contribution is 2.10. The SMILES string of the molecule is CCN(CC)Cc1ccc(C(=O)NCCOCCO)o1. The van der Waals surface area contributed by atoms with Gasteiger partial charge in [-0.15, -0.1) is 0 Å². The van der Waals surface area contributed by atoms with Gasteiger partial charge in [0.05, 0.1) is 26.4 Å². The van der Waals surface area contributed by atoms with Crippen LogP contribution in [0.4, 0.5) is 0 Å². The van der Waals surface area contributed by atoms with E-state index < -0.39 is 0 Å². The summed E-state index contributed by atoms with van der Waals surface area (Å²) in [5.41, 5.74) is 0. The van der Waals surface area contributed by atoms with Crippen LogP contribution in [0.3, 0.4) is 0 Å². The molecule has 0 saturated heterocycles. The number of carbonyl (C=O) groups excluding carboxylic acids is 1. The van der Waals surface area contributed by atoms with Gasteiger partial charge in [-0.3, -0.25) is 9.69 Å². The van der Waals surface area contributed by atoms with E-state index in [1.807, 2.05) is 6.07 Å². The molecule has 0 radical (unpaired) electrons. The fourth-order valence-electron chi connectivity index (χ4n) is 1.74. The van der Waals surface area contributed by atoms with Crippen LogP contribution in [0.25, 0.3) is 0 Å². The van der Waals surface area contributed by atoms with Crippen molar-refractivity contribution < 1.29 is 19.1 Å². The molecule has 6 heteroatoms. The Morgan fingerprint density at radius 1 is 1.35 bits per heavy atom. The normalized spacial score (nSPS) is 11.0. The summed E-state index contributed by atoms with van der Waals surface area (Å²) < 4.78 is 10.6. The number of carbonyl (C=O) groups is 1. The minimum atomic E-state index is -0.247. The largest absolute Gasteiger partial charge is 0.455 e. The molecule has 1 aromatic heterocycles. The molecule has 0 bridgehead atoms.